The summed E-state index contributed by atoms with van der Waals surface area (Å²) >= 11 is 0. The van der Waals surface area contributed by atoms with E-state index in [4.69, 9.17) is 4.74 Å². The van der Waals surface area contributed by atoms with Crippen molar-refractivity contribution in [3.63, 3.8) is 0 Å². The molecule has 112 valence electrons. The van der Waals surface area contributed by atoms with Crippen molar-refractivity contribution < 1.29 is 9.84 Å². The van der Waals surface area contributed by atoms with E-state index in [9.17, 15) is 9.90 Å². The second kappa shape index (κ2) is 6.37. The Morgan fingerprint density at radius 3 is 2.95 bits per heavy atom. The molecule has 1 aliphatic rings. The Morgan fingerprint density at radius 2 is 2.30 bits per heavy atom. The minimum absolute atomic E-state index is 0.0454. The minimum atomic E-state index is -0.258. The van der Waals surface area contributed by atoms with E-state index in [0.717, 1.165) is 0 Å². The van der Waals surface area contributed by atoms with Crippen molar-refractivity contribution in [1.29, 1.82) is 0 Å². The van der Waals surface area contributed by atoms with E-state index in [-0.39, 0.29) is 24.3 Å². The number of aliphatic hydroxyl groups is 1. The Bertz CT molecular complexity index is 501. The van der Waals surface area contributed by atoms with Gasteiger partial charge < -0.3 is 19.3 Å². The summed E-state index contributed by atoms with van der Waals surface area (Å²) in [5.41, 5.74) is -0.0772. The van der Waals surface area contributed by atoms with Gasteiger partial charge in [0.25, 0.3) is 5.56 Å². The minimum Gasteiger partial charge on any atom is -0.394 e. The third-order valence-corrected chi connectivity index (χ3v) is 3.44. The molecular weight excluding hydrogens is 258 g/mol. The summed E-state index contributed by atoms with van der Waals surface area (Å²) in [5.74, 6) is 0.845. The highest BCUT2D eigenvalue weighted by Gasteiger charge is 2.28. The predicted molar refractivity (Wildman–Crippen MR) is 77.0 cm³/mol. The first kappa shape index (κ1) is 15.0. The number of nitrogens with zero attached hydrogens (tertiary/aromatic N) is 3. The van der Waals surface area contributed by atoms with Gasteiger partial charge in [-0.2, -0.15) is 0 Å². The SMILES string of the molecule is CC(C)Cn1ccnc(N2CC(CO)OCC2C)c1=O. The lowest BCUT2D eigenvalue weighted by atomic mass is 10.2. The van der Waals surface area contributed by atoms with Crippen LogP contribution in [0.15, 0.2) is 17.2 Å². The molecular formula is C14H23N3O3. The van der Waals surface area contributed by atoms with E-state index >= 15 is 0 Å². The van der Waals surface area contributed by atoms with E-state index in [0.29, 0.717) is 31.4 Å². The Morgan fingerprint density at radius 1 is 1.55 bits per heavy atom. The first-order chi connectivity index (χ1) is 9.52. The summed E-state index contributed by atoms with van der Waals surface area (Å²) in [6.45, 7) is 7.76. The quantitative estimate of drug-likeness (QED) is 0.869. The Balaban J connectivity index is 2.29. The van der Waals surface area contributed by atoms with Crippen molar-refractivity contribution in [2.45, 2.75) is 39.5 Å². The largest absolute Gasteiger partial charge is 0.394 e. The monoisotopic (exact) mass is 281 g/mol. The molecule has 1 aromatic heterocycles. The van der Waals surface area contributed by atoms with Gasteiger partial charge in [0.2, 0.25) is 0 Å². The molecule has 1 aliphatic heterocycles. The lowest BCUT2D eigenvalue weighted by Gasteiger charge is -2.37. The van der Waals surface area contributed by atoms with Crippen LogP contribution < -0.4 is 10.5 Å². The molecule has 0 aromatic carbocycles. The predicted octanol–water partition coefficient (Wildman–Crippen LogP) is 0.485. The molecule has 1 aromatic rings. The van der Waals surface area contributed by atoms with Crippen molar-refractivity contribution in [2.24, 2.45) is 5.92 Å². The number of hydrogen-bond donors (Lipinski definition) is 1. The molecule has 20 heavy (non-hydrogen) atoms. The number of anilines is 1. The maximum atomic E-state index is 12.5. The van der Waals surface area contributed by atoms with Crippen LogP contribution in [0.3, 0.4) is 0 Å². The van der Waals surface area contributed by atoms with Crippen LogP contribution in [0.5, 0.6) is 0 Å². The number of aliphatic hydroxyl groups excluding tert-OH is 1. The number of hydrogen-bond acceptors (Lipinski definition) is 5. The molecule has 6 heteroatoms. The highest BCUT2D eigenvalue weighted by atomic mass is 16.5. The molecule has 0 amide bonds. The van der Waals surface area contributed by atoms with E-state index in [1.165, 1.54) is 0 Å². The molecule has 2 rings (SSSR count). The van der Waals surface area contributed by atoms with Gasteiger partial charge in [-0.15, -0.1) is 0 Å². The molecule has 0 bridgehead atoms. The zero-order valence-corrected chi connectivity index (χ0v) is 12.3. The first-order valence-electron chi connectivity index (χ1n) is 7.07. The fraction of sp³-hybridized carbons (Fsp3) is 0.714. The molecule has 1 fully saturated rings. The summed E-state index contributed by atoms with van der Waals surface area (Å²) in [6.07, 6.45) is 3.13. The summed E-state index contributed by atoms with van der Waals surface area (Å²) in [4.78, 5) is 18.7. The molecule has 0 aliphatic carbocycles. The average molecular weight is 281 g/mol. The second-order valence-electron chi connectivity index (χ2n) is 5.74. The second-order valence-corrected chi connectivity index (χ2v) is 5.74. The van der Waals surface area contributed by atoms with Crippen molar-refractivity contribution in [2.75, 3.05) is 24.7 Å². The molecule has 0 spiro atoms. The molecule has 1 saturated heterocycles. The Labute approximate surface area is 119 Å². The van der Waals surface area contributed by atoms with Crippen LogP contribution in [0.2, 0.25) is 0 Å². The van der Waals surface area contributed by atoms with Gasteiger partial charge in [0.05, 0.1) is 25.4 Å². The fourth-order valence-corrected chi connectivity index (χ4v) is 2.39. The van der Waals surface area contributed by atoms with Crippen LogP contribution in [-0.2, 0) is 11.3 Å². The van der Waals surface area contributed by atoms with E-state index in [1.807, 2.05) is 11.8 Å². The normalized spacial score (nSPS) is 23.4. The molecule has 2 unspecified atom stereocenters. The third kappa shape index (κ3) is 3.19. The summed E-state index contributed by atoms with van der Waals surface area (Å²) in [6, 6.07) is 0.0768. The molecule has 0 radical (unpaired) electrons. The first-order valence-corrected chi connectivity index (χ1v) is 7.07. The summed E-state index contributed by atoms with van der Waals surface area (Å²) in [7, 11) is 0. The van der Waals surface area contributed by atoms with Crippen molar-refractivity contribution in [3.8, 4) is 0 Å². The maximum absolute atomic E-state index is 12.5. The zero-order chi connectivity index (χ0) is 14.7. The van der Waals surface area contributed by atoms with Crippen LogP contribution in [0.1, 0.15) is 20.8 Å². The van der Waals surface area contributed by atoms with Gasteiger partial charge in [0, 0.05) is 25.5 Å². The van der Waals surface area contributed by atoms with Gasteiger partial charge in [-0.25, -0.2) is 4.98 Å². The molecule has 0 saturated carbocycles. The third-order valence-electron chi connectivity index (χ3n) is 3.44. The number of ether oxygens (including phenoxy) is 1. The van der Waals surface area contributed by atoms with Crippen LogP contribution >= 0.6 is 0 Å². The Hall–Kier alpha value is -1.40. The Kier molecular flexibility index (Phi) is 4.77. The topological polar surface area (TPSA) is 67.6 Å². The van der Waals surface area contributed by atoms with Crippen molar-refractivity contribution >= 4 is 5.82 Å². The van der Waals surface area contributed by atoms with Crippen LogP contribution in [0.25, 0.3) is 0 Å². The van der Waals surface area contributed by atoms with Crippen molar-refractivity contribution in [3.05, 3.63) is 22.7 Å². The van der Waals surface area contributed by atoms with Gasteiger partial charge in [-0.1, -0.05) is 13.8 Å². The molecule has 2 atom stereocenters. The number of morpholine rings is 1. The van der Waals surface area contributed by atoms with Gasteiger partial charge in [0.15, 0.2) is 5.82 Å². The van der Waals surface area contributed by atoms with Gasteiger partial charge in [-0.3, -0.25) is 4.79 Å². The molecule has 6 nitrogen and oxygen atoms in total. The summed E-state index contributed by atoms with van der Waals surface area (Å²) < 4.78 is 7.20. The highest BCUT2D eigenvalue weighted by molar-refractivity contribution is 5.38. The number of rotatable bonds is 4. The van der Waals surface area contributed by atoms with E-state index in [1.54, 1.807) is 17.0 Å². The molecule has 2 heterocycles. The van der Waals surface area contributed by atoms with Crippen LogP contribution in [0.4, 0.5) is 5.82 Å². The maximum Gasteiger partial charge on any atom is 0.293 e. The lowest BCUT2D eigenvalue weighted by Crippen LogP contribution is -2.52. The smallest absolute Gasteiger partial charge is 0.293 e. The highest BCUT2D eigenvalue weighted by Crippen LogP contribution is 2.16. The van der Waals surface area contributed by atoms with Crippen molar-refractivity contribution in [1.82, 2.24) is 9.55 Å². The van der Waals surface area contributed by atoms with Gasteiger partial charge in [-0.05, 0) is 12.8 Å². The number of aromatic nitrogens is 2. The molecule has 1 N–H and O–H groups in total. The van der Waals surface area contributed by atoms with E-state index in [2.05, 4.69) is 18.8 Å². The van der Waals surface area contributed by atoms with Crippen LogP contribution in [-0.4, -0.2) is 46.6 Å². The van der Waals surface area contributed by atoms with E-state index < -0.39 is 0 Å². The lowest BCUT2D eigenvalue weighted by molar-refractivity contribution is -0.0106. The van der Waals surface area contributed by atoms with Gasteiger partial charge >= 0.3 is 0 Å². The van der Waals surface area contributed by atoms with Gasteiger partial charge in [0.1, 0.15) is 0 Å². The standard InChI is InChI=1S/C14H23N3O3/c1-10(2)6-16-5-4-15-13(14(16)19)17-7-12(8-18)20-9-11(17)3/h4-5,10-12,18H,6-9H2,1-3H3. The van der Waals surface area contributed by atoms with Crippen LogP contribution in [0, 0.1) is 5.92 Å². The average Bonchev–Trinajstić information content (AvgIpc) is 2.42. The fourth-order valence-electron chi connectivity index (χ4n) is 2.39. The zero-order valence-electron chi connectivity index (χ0n) is 12.3. The summed E-state index contributed by atoms with van der Waals surface area (Å²) in [5, 5.41) is 9.23.